The summed E-state index contributed by atoms with van der Waals surface area (Å²) in [7, 11) is 3.53. The van der Waals surface area contributed by atoms with Crippen LogP contribution in [0.5, 0.6) is 5.75 Å². The van der Waals surface area contributed by atoms with Crippen molar-refractivity contribution >= 4 is 5.91 Å². The summed E-state index contributed by atoms with van der Waals surface area (Å²) >= 11 is 0. The van der Waals surface area contributed by atoms with E-state index in [0.717, 1.165) is 11.3 Å². The Morgan fingerprint density at radius 2 is 1.84 bits per heavy atom. The molecule has 106 valence electrons. The summed E-state index contributed by atoms with van der Waals surface area (Å²) in [6.45, 7) is 4.47. The monoisotopic (exact) mass is 264 g/mol. The lowest BCUT2D eigenvalue weighted by molar-refractivity contribution is -0.130. The van der Waals surface area contributed by atoms with Crippen LogP contribution < -0.4 is 10.5 Å². The minimum absolute atomic E-state index is 0.0861. The highest BCUT2D eigenvalue weighted by Crippen LogP contribution is 2.24. The molecule has 0 fully saturated rings. The highest BCUT2D eigenvalue weighted by Gasteiger charge is 2.21. The minimum atomic E-state index is -0.173. The average molecular weight is 264 g/mol. The number of nitrogens with two attached hydrogens (primary N) is 1. The predicted octanol–water partition coefficient (Wildman–Crippen LogP) is 1.99. The molecule has 0 bridgehead atoms. The van der Waals surface area contributed by atoms with Crippen molar-refractivity contribution in [3.05, 3.63) is 29.8 Å². The van der Waals surface area contributed by atoms with Crippen LogP contribution in [-0.2, 0) is 4.79 Å². The zero-order valence-corrected chi connectivity index (χ0v) is 12.2. The maximum Gasteiger partial charge on any atom is 0.229 e. The molecule has 0 aliphatic rings. The van der Waals surface area contributed by atoms with Gasteiger partial charge in [-0.1, -0.05) is 12.1 Å². The van der Waals surface area contributed by atoms with Crippen molar-refractivity contribution in [2.45, 2.75) is 32.3 Å². The number of carbonyl (C=O) groups is 1. The Bertz CT molecular complexity index is 399. The summed E-state index contributed by atoms with van der Waals surface area (Å²) < 4.78 is 5.60. The largest absolute Gasteiger partial charge is 0.491 e. The third-order valence-electron chi connectivity index (χ3n) is 2.85. The molecule has 0 aromatic heterocycles. The van der Waals surface area contributed by atoms with Gasteiger partial charge in [-0.05, 0) is 44.5 Å². The van der Waals surface area contributed by atoms with Crippen LogP contribution in [0.3, 0.4) is 0 Å². The van der Waals surface area contributed by atoms with Gasteiger partial charge in [-0.25, -0.2) is 0 Å². The number of hydrogen-bond donors (Lipinski definition) is 1. The normalized spacial score (nSPS) is 12.3. The van der Waals surface area contributed by atoms with Crippen LogP contribution in [0.4, 0.5) is 0 Å². The summed E-state index contributed by atoms with van der Waals surface area (Å²) in [5, 5.41) is 0. The van der Waals surface area contributed by atoms with Crippen LogP contribution in [0, 0.1) is 0 Å². The molecule has 1 unspecified atom stereocenters. The van der Waals surface area contributed by atoms with Gasteiger partial charge in [0.2, 0.25) is 5.91 Å². The molecule has 1 atom stereocenters. The number of benzene rings is 1. The molecule has 1 aromatic carbocycles. The van der Waals surface area contributed by atoms with E-state index in [1.165, 1.54) is 0 Å². The zero-order chi connectivity index (χ0) is 14.4. The molecule has 1 aromatic rings. The zero-order valence-electron chi connectivity index (χ0n) is 12.2. The van der Waals surface area contributed by atoms with Crippen LogP contribution in [0.15, 0.2) is 24.3 Å². The average Bonchev–Trinajstić information content (AvgIpc) is 2.35. The quantitative estimate of drug-likeness (QED) is 0.855. The van der Waals surface area contributed by atoms with Crippen LogP contribution in [0.1, 0.15) is 31.7 Å². The van der Waals surface area contributed by atoms with E-state index in [9.17, 15) is 4.79 Å². The van der Waals surface area contributed by atoms with Gasteiger partial charge in [0.25, 0.3) is 0 Å². The van der Waals surface area contributed by atoms with Crippen molar-refractivity contribution in [2.75, 3.05) is 20.6 Å². The van der Waals surface area contributed by atoms with E-state index in [1.54, 1.807) is 19.0 Å². The Hall–Kier alpha value is -1.55. The number of amides is 1. The van der Waals surface area contributed by atoms with Gasteiger partial charge in [-0.15, -0.1) is 0 Å². The van der Waals surface area contributed by atoms with Crippen molar-refractivity contribution in [1.82, 2.24) is 4.90 Å². The van der Waals surface area contributed by atoms with E-state index in [0.29, 0.717) is 13.0 Å². The lowest BCUT2D eigenvalue weighted by atomic mass is 9.94. The number of carbonyl (C=O) groups excluding carboxylic acids is 1. The summed E-state index contributed by atoms with van der Waals surface area (Å²) in [4.78, 5) is 13.7. The number of nitrogens with zero attached hydrogens (tertiary/aromatic N) is 1. The summed E-state index contributed by atoms with van der Waals surface area (Å²) in [5.41, 5.74) is 6.59. The number of ether oxygens (including phenoxy) is 1. The second kappa shape index (κ2) is 7.14. The molecule has 0 heterocycles. The molecule has 0 aliphatic heterocycles. The molecule has 0 radical (unpaired) electrons. The lowest BCUT2D eigenvalue weighted by Crippen LogP contribution is -2.29. The first-order valence-electron chi connectivity index (χ1n) is 6.63. The Morgan fingerprint density at radius 3 is 2.26 bits per heavy atom. The van der Waals surface area contributed by atoms with Gasteiger partial charge >= 0.3 is 0 Å². The molecule has 0 spiro atoms. The lowest BCUT2D eigenvalue weighted by Gasteiger charge is -2.20. The van der Waals surface area contributed by atoms with Crippen molar-refractivity contribution in [3.8, 4) is 5.75 Å². The van der Waals surface area contributed by atoms with Gasteiger partial charge in [0.1, 0.15) is 5.75 Å². The smallest absolute Gasteiger partial charge is 0.229 e. The Morgan fingerprint density at radius 1 is 1.26 bits per heavy atom. The molecular formula is C15H24N2O2. The van der Waals surface area contributed by atoms with Gasteiger partial charge in [-0.3, -0.25) is 4.79 Å². The van der Waals surface area contributed by atoms with Crippen molar-refractivity contribution in [3.63, 3.8) is 0 Å². The van der Waals surface area contributed by atoms with E-state index in [1.807, 2.05) is 38.1 Å². The maximum atomic E-state index is 12.1. The Labute approximate surface area is 115 Å². The SMILES string of the molecule is CC(C)Oc1ccc(C(CCN)C(=O)N(C)C)cc1. The molecule has 1 rings (SSSR count). The van der Waals surface area contributed by atoms with E-state index >= 15 is 0 Å². The molecule has 0 aliphatic carbocycles. The standard InChI is InChI=1S/C15H24N2O2/c1-11(2)19-13-7-5-12(6-8-13)14(9-10-16)15(18)17(3)4/h5-8,11,14H,9-10,16H2,1-4H3. The van der Waals surface area contributed by atoms with Crippen molar-refractivity contribution in [2.24, 2.45) is 5.73 Å². The number of likely N-dealkylation sites (N-methyl/N-ethyl adjacent to an activating group) is 1. The molecule has 0 saturated carbocycles. The molecule has 2 N–H and O–H groups in total. The van der Waals surface area contributed by atoms with E-state index in [2.05, 4.69) is 0 Å². The second-order valence-corrected chi connectivity index (χ2v) is 5.10. The molecule has 19 heavy (non-hydrogen) atoms. The fourth-order valence-electron chi connectivity index (χ4n) is 1.96. The fourth-order valence-corrected chi connectivity index (χ4v) is 1.96. The van der Waals surface area contributed by atoms with Crippen LogP contribution in [0.25, 0.3) is 0 Å². The van der Waals surface area contributed by atoms with Gasteiger partial charge in [0.15, 0.2) is 0 Å². The highest BCUT2D eigenvalue weighted by atomic mass is 16.5. The van der Waals surface area contributed by atoms with Gasteiger partial charge in [0, 0.05) is 14.1 Å². The molecule has 4 nitrogen and oxygen atoms in total. The second-order valence-electron chi connectivity index (χ2n) is 5.10. The van der Waals surface area contributed by atoms with E-state index < -0.39 is 0 Å². The van der Waals surface area contributed by atoms with Crippen molar-refractivity contribution < 1.29 is 9.53 Å². The topological polar surface area (TPSA) is 55.6 Å². The number of rotatable bonds is 6. The van der Waals surface area contributed by atoms with E-state index in [4.69, 9.17) is 10.5 Å². The summed E-state index contributed by atoms with van der Waals surface area (Å²) in [6.07, 6.45) is 0.801. The number of hydrogen-bond acceptors (Lipinski definition) is 3. The minimum Gasteiger partial charge on any atom is -0.491 e. The van der Waals surface area contributed by atoms with Crippen LogP contribution >= 0.6 is 0 Å². The predicted molar refractivity (Wildman–Crippen MR) is 77.3 cm³/mol. The van der Waals surface area contributed by atoms with Crippen LogP contribution in [0.2, 0.25) is 0 Å². The van der Waals surface area contributed by atoms with Crippen LogP contribution in [-0.4, -0.2) is 37.6 Å². The molecule has 1 amide bonds. The van der Waals surface area contributed by atoms with Gasteiger partial charge < -0.3 is 15.4 Å². The summed E-state index contributed by atoms with van der Waals surface area (Å²) in [5.74, 6) is 0.735. The first-order chi connectivity index (χ1) is 8.95. The first kappa shape index (κ1) is 15.5. The Balaban J connectivity index is 2.88. The Kier molecular flexibility index (Phi) is 5.83. The maximum absolute atomic E-state index is 12.1. The van der Waals surface area contributed by atoms with Crippen molar-refractivity contribution in [1.29, 1.82) is 0 Å². The van der Waals surface area contributed by atoms with Gasteiger partial charge in [-0.2, -0.15) is 0 Å². The molecule has 4 heteroatoms. The third kappa shape index (κ3) is 4.56. The third-order valence-corrected chi connectivity index (χ3v) is 2.85. The molecule has 0 saturated heterocycles. The summed E-state index contributed by atoms with van der Waals surface area (Å²) in [6, 6.07) is 7.70. The fraction of sp³-hybridized carbons (Fsp3) is 0.533. The van der Waals surface area contributed by atoms with E-state index in [-0.39, 0.29) is 17.9 Å². The van der Waals surface area contributed by atoms with Gasteiger partial charge in [0.05, 0.1) is 12.0 Å². The highest BCUT2D eigenvalue weighted by molar-refractivity contribution is 5.83. The molecular weight excluding hydrogens is 240 g/mol. The first-order valence-corrected chi connectivity index (χ1v) is 6.63.